The molecule has 18 heavy (non-hydrogen) atoms. The molecule has 2 rings (SSSR count). The first-order valence-electron chi connectivity index (χ1n) is 5.84. The zero-order chi connectivity index (χ0) is 13.2. The Hall–Kier alpha value is -0.100. The molecule has 3 nitrogen and oxygen atoms in total. The molecule has 1 aliphatic rings. The fourth-order valence-electron chi connectivity index (χ4n) is 1.97. The molecule has 0 radical (unpaired) electrons. The summed E-state index contributed by atoms with van der Waals surface area (Å²) in [6.45, 7) is 5.78. The van der Waals surface area contributed by atoms with E-state index >= 15 is 0 Å². The van der Waals surface area contributed by atoms with Crippen molar-refractivity contribution in [1.29, 1.82) is 0 Å². The van der Waals surface area contributed by atoms with E-state index in [1.165, 1.54) is 5.56 Å². The van der Waals surface area contributed by atoms with Gasteiger partial charge in [0.05, 0.1) is 29.3 Å². The van der Waals surface area contributed by atoms with Gasteiger partial charge in [0, 0.05) is 18.5 Å². The Kier molecular flexibility index (Phi) is 4.69. The van der Waals surface area contributed by atoms with Crippen LogP contribution in [0.5, 0.6) is 5.75 Å². The molecule has 0 aliphatic carbocycles. The van der Waals surface area contributed by atoms with Gasteiger partial charge in [-0.2, -0.15) is 0 Å². The van der Waals surface area contributed by atoms with Gasteiger partial charge in [0.1, 0.15) is 5.75 Å². The lowest BCUT2D eigenvalue weighted by Crippen LogP contribution is -2.47. The lowest BCUT2D eigenvalue weighted by atomic mass is 9.89. The summed E-state index contributed by atoms with van der Waals surface area (Å²) in [5, 5.41) is 3.47. The topological polar surface area (TPSA) is 30.5 Å². The van der Waals surface area contributed by atoms with Gasteiger partial charge in [-0.3, -0.25) is 0 Å². The summed E-state index contributed by atoms with van der Waals surface area (Å²) in [6, 6.07) is 4.16. The van der Waals surface area contributed by atoms with Crippen LogP contribution in [0.1, 0.15) is 12.5 Å². The highest BCUT2D eigenvalue weighted by atomic mass is 79.9. The monoisotopic (exact) mass is 377 g/mol. The Morgan fingerprint density at radius 3 is 2.39 bits per heavy atom. The zero-order valence-electron chi connectivity index (χ0n) is 10.6. The summed E-state index contributed by atoms with van der Waals surface area (Å²) < 4.78 is 12.5. The summed E-state index contributed by atoms with van der Waals surface area (Å²) >= 11 is 7.02. The van der Waals surface area contributed by atoms with Crippen LogP contribution in [-0.2, 0) is 11.3 Å². The maximum atomic E-state index is 5.29. The van der Waals surface area contributed by atoms with Crippen molar-refractivity contribution < 1.29 is 9.47 Å². The Bertz CT molecular complexity index is 410. The summed E-state index contributed by atoms with van der Waals surface area (Å²) in [5.41, 5.74) is 1.53. The molecule has 1 fully saturated rings. The lowest BCUT2D eigenvalue weighted by Gasteiger charge is -2.38. The first-order chi connectivity index (χ1) is 8.54. The lowest BCUT2D eigenvalue weighted by molar-refractivity contribution is -0.0991. The van der Waals surface area contributed by atoms with Gasteiger partial charge in [-0.25, -0.2) is 0 Å². The molecule has 5 heteroatoms. The number of methoxy groups -OCH3 is 1. The van der Waals surface area contributed by atoms with E-state index in [9.17, 15) is 0 Å². The molecule has 0 saturated carbocycles. The molecule has 0 spiro atoms. The molecule has 1 aromatic rings. The van der Waals surface area contributed by atoms with E-state index in [2.05, 4.69) is 56.2 Å². The van der Waals surface area contributed by atoms with Gasteiger partial charge >= 0.3 is 0 Å². The first-order valence-corrected chi connectivity index (χ1v) is 7.43. The van der Waals surface area contributed by atoms with Gasteiger partial charge in [-0.05, 0) is 49.6 Å². The number of benzene rings is 1. The van der Waals surface area contributed by atoms with E-state index < -0.39 is 0 Å². The quantitative estimate of drug-likeness (QED) is 0.852. The predicted molar refractivity (Wildman–Crippen MR) is 79.0 cm³/mol. The van der Waals surface area contributed by atoms with Gasteiger partial charge in [-0.15, -0.1) is 0 Å². The number of rotatable bonds is 5. The second-order valence-electron chi connectivity index (χ2n) is 5.00. The van der Waals surface area contributed by atoms with Crippen molar-refractivity contribution in [1.82, 2.24) is 5.32 Å². The van der Waals surface area contributed by atoms with Crippen LogP contribution in [0.25, 0.3) is 0 Å². The maximum absolute atomic E-state index is 5.29. The third kappa shape index (κ3) is 3.26. The maximum Gasteiger partial charge on any atom is 0.147 e. The fraction of sp³-hybridized carbons (Fsp3) is 0.538. The Morgan fingerprint density at radius 1 is 1.33 bits per heavy atom. The van der Waals surface area contributed by atoms with E-state index in [4.69, 9.17) is 9.47 Å². The van der Waals surface area contributed by atoms with Crippen LogP contribution in [0, 0.1) is 5.41 Å². The molecule has 100 valence electrons. The smallest absolute Gasteiger partial charge is 0.147 e. The predicted octanol–water partition coefficient (Wildman–Crippen LogP) is 3.35. The largest absolute Gasteiger partial charge is 0.494 e. The molecular formula is C13H17Br2NO2. The normalized spacial score (nSPS) is 17.3. The molecule has 1 aromatic carbocycles. The Balaban J connectivity index is 1.93. The van der Waals surface area contributed by atoms with Gasteiger partial charge in [-0.1, -0.05) is 6.92 Å². The van der Waals surface area contributed by atoms with Crippen LogP contribution in [0.4, 0.5) is 0 Å². The standard InChI is InChI=1S/C13H17Br2NO2/c1-13(7-18-8-13)6-16-5-9-3-10(14)12(17-2)11(15)4-9/h3-4,16H,5-8H2,1-2H3. The molecule has 0 atom stereocenters. The third-order valence-electron chi connectivity index (χ3n) is 3.04. The molecule has 1 heterocycles. The van der Waals surface area contributed by atoms with E-state index in [1.54, 1.807) is 7.11 Å². The van der Waals surface area contributed by atoms with Crippen molar-refractivity contribution in [3.8, 4) is 5.75 Å². The average Bonchev–Trinajstić information content (AvgIpc) is 2.26. The molecule has 1 N–H and O–H groups in total. The van der Waals surface area contributed by atoms with Crippen LogP contribution in [-0.4, -0.2) is 26.9 Å². The minimum Gasteiger partial charge on any atom is -0.494 e. The van der Waals surface area contributed by atoms with Crippen LogP contribution in [0.3, 0.4) is 0 Å². The third-order valence-corrected chi connectivity index (χ3v) is 4.22. The number of nitrogens with one attached hydrogen (secondary N) is 1. The molecular weight excluding hydrogens is 362 g/mol. The summed E-state index contributed by atoms with van der Waals surface area (Å²) in [6.07, 6.45) is 0. The fourth-order valence-corrected chi connectivity index (χ4v) is 3.58. The van der Waals surface area contributed by atoms with Crippen molar-refractivity contribution in [3.63, 3.8) is 0 Å². The second-order valence-corrected chi connectivity index (χ2v) is 6.71. The van der Waals surface area contributed by atoms with Crippen molar-refractivity contribution in [2.75, 3.05) is 26.9 Å². The van der Waals surface area contributed by atoms with E-state index in [-0.39, 0.29) is 0 Å². The van der Waals surface area contributed by atoms with E-state index in [0.717, 1.165) is 41.0 Å². The molecule has 0 unspecified atom stereocenters. The Morgan fingerprint density at radius 2 is 1.94 bits per heavy atom. The molecule has 1 aliphatic heterocycles. The van der Waals surface area contributed by atoms with Crippen LogP contribution in [0.2, 0.25) is 0 Å². The van der Waals surface area contributed by atoms with Crippen LogP contribution in [0.15, 0.2) is 21.1 Å². The van der Waals surface area contributed by atoms with Crippen LogP contribution >= 0.6 is 31.9 Å². The molecule has 1 saturated heterocycles. The minimum atomic E-state index is 0.306. The van der Waals surface area contributed by atoms with E-state index in [0.29, 0.717) is 5.41 Å². The molecule has 0 amide bonds. The second kappa shape index (κ2) is 5.90. The average molecular weight is 379 g/mol. The zero-order valence-corrected chi connectivity index (χ0v) is 13.7. The first kappa shape index (κ1) is 14.3. The highest BCUT2D eigenvalue weighted by Gasteiger charge is 2.32. The number of hydrogen-bond acceptors (Lipinski definition) is 3. The number of ether oxygens (including phenoxy) is 2. The van der Waals surface area contributed by atoms with E-state index in [1.807, 2.05) is 0 Å². The summed E-state index contributed by atoms with van der Waals surface area (Å²) in [7, 11) is 1.67. The van der Waals surface area contributed by atoms with Gasteiger partial charge in [0.25, 0.3) is 0 Å². The van der Waals surface area contributed by atoms with Crippen molar-refractivity contribution in [2.24, 2.45) is 5.41 Å². The number of halogens is 2. The highest BCUT2D eigenvalue weighted by Crippen LogP contribution is 2.34. The molecule has 0 bridgehead atoms. The SMILES string of the molecule is COc1c(Br)cc(CNCC2(C)COC2)cc1Br. The van der Waals surface area contributed by atoms with Crippen molar-refractivity contribution >= 4 is 31.9 Å². The van der Waals surface area contributed by atoms with Gasteiger partial charge in [0.2, 0.25) is 0 Å². The van der Waals surface area contributed by atoms with Gasteiger partial charge < -0.3 is 14.8 Å². The van der Waals surface area contributed by atoms with Crippen molar-refractivity contribution in [2.45, 2.75) is 13.5 Å². The van der Waals surface area contributed by atoms with Gasteiger partial charge in [0.15, 0.2) is 0 Å². The highest BCUT2D eigenvalue weighted by molar-refractivity contribution is 9.11. The Labute approximate surface area is 124 Å². The molecule has 0 aromatic heterocycles. The van der Waals surface area contributed by atoms with Crippen molar-refractivity contribution in [3.05, 3.63) is 26.6 Å². The summed E-state index contributed by atoms with van der Waals surface area (Å²) in [5.74, 6) is 0.832. The number of hydrogen-bond donors (Lipinski definition) is 1. The van der Waals surface area contributed by atoms with Crippen LogP contribution < -0.4 is 10.1 Å². The summed E-state index contributed by atoms with van der Waals surface area (Å²) in [4.78, 5) is 0. The minimum absolute atomic E-state index is 0.306.